The minimum Gasteiger partial charge on any atom is -0.493 e. The number of aryl methyl sites for hydroxylation is 2. The highest BCUT2D eigenvalue weighted by molar-refractivity contribution is 5.43. The summed E-state index contributed by atoms with van der Waals surface area (Å²) in [5.41, 5.74) is 1.15. The average Bonchev–Trinajstić information content (AvgIpc) is 3.31. The molecule has 0 radical (unpaired) electrons. The lowest BCUT2D eigenvalue weighted by Gasteiger charge is -2.30. The van der Waals surface area contributed by atoms with E-state index in [0.717, 1.165) is 36.6 Å². The molecule has 1 atom stereocenters. The Kier molecular flexibility index (Phi) is 8.63. The van der Waals surface area contributed by atoms with Crippen LogP contribution in [0.5, 0.6) is 17.2 Å². The molecule has 0 spiro atoms. The van der Waals surface area contributed by atoms with Crippen LogP contribution in [0.15, 0.2) is 60.9 Å². The predicted octanol–water partition coefficient (Wildman–Crippen LogP) is 3.31. The molecule has 2 aromatic carbocycles. The van der Waals surface area contributed by atoms with Crippen molar-refractivity contribution in [3.05, 3.63) is 72.1 Å². The number of aliphatic hydroxyl groups is 1. The summed E-state index contributed by atoms with van der Waals surface area (Å²) in [5.74, 6) is 2.16. The summed E-state index contributed by atoms with van der Waals surface area (Å²) in [4.78, 5) is 2.19. The van der Waals surface area contributed by atoms with Crippen molar-refractivity contribution in [2.45, 2.75) is 32.0 Å². The maximum absolute atomic E-state index is 11.2. The zero-order valence-corrected chi connectivity index (χ0v) is 20.6. The van der Waals surface area contributed by atoms with Crippen molar-refractivity contribution >= 4 is 0 Å². The fraction of sp³-hybridized carbons (Fsp3) is 0.444. The molecular weight excluding hydrogens is 446 g/mol. The van der Waals surface area contributed by atoms with E-state index >= 15 is 0 Å². The van der Waals surface area contributed by atoms with E-state index in [9.17, 15) is 5.11 Å². The van der Waals surface area contributed by atoms with E-state index in [1.54, 1.807) is 13.3 Å². The first-order valence-electron chi connectivity index (χ1n) is 12.0. The van der Waals surface area contributed by atoms with Crippen LogP contribution in [-0.2, 0) is 17.8 Å². The number of hydrogen-bond acceptors (Lipinski definition) is 7. The second kappa shape index (κ2) is 12.1. The van der Waals surface area contributed by atoms with Crippen LogP contribution in [0.2, 0.25) is 0 Å². The lowest BCUT2D eigenvalue weighted by Crippen LogP contribution is -2.48. The summed E-state index contributed by atoms with van der Waals surface area (Å²) < 4.78 is 25.0. The highest BCUT2D eigenvalue weighted by atomic mass is 16.5. The summed E-state index contributed by atoms with van der Waals surface area (Å²) in [6.45, 7) is 6.18. The van der Waals surface area contributed by atoms with Crippen LogP contribution in [0.3, 0.4) is 0 Å². The molecule has 0 unspecified atom stereocenters. The molecule has 0 amide bonds. The Labute approximate surface area is 207 Å². The Morgan fingerprint density at radius 2 is 1.97 bits per heavy atom. The van der Waals surface area contributed by atoms with E-state index in [1.165, 1.54) is 5.56 Å². The molecule has 1 aliphatic rings. The van der Waals surface area contributed by atoms with Gasteiger partial charge in [0.25, 0.3) is 0 Å². The topological polar surface area (TPSA) is 78.2 Å². The number of benzene rings is 2. The van der Waals surface area contributed by atoms with Crippen molar-refractivity contribution < 1.29 is 24.1 Å². The highest BCUT2D eigenvalue weighted by Crippen LogP contribution is 2.29. The molecule has 1 aliphatic heterocycles. The average molecular weight is 482 g/mol. The zero-order chi connectivity index (χ0) is 24.5. The quantitative estimate of drug-likeness (QED) is 0.421. The van der Waals surface area contributed by atoms with Crippen LogP contribution < -0.4 is 14.2 Å². The van der Waals surface area contributed by atoms with Crippen molar-refractivity contribution in [1.82, 2.24) is 14.7 Å². The second-order valence-electron chi connectivity index (χ2n) is 9.05. The fourth-order valence-electron chi connectivity index (χ4n) is 4.10. The Balaban J connectivity index is 1.34. The number of β-amino-alcohol motifs (C(OH)–C–C–N with tert-alkyl or cyclic N) is 1. The van der Waals surface area contributed by atoms with Crippen molar-refractivity contribution in [3.8, 4) is 17.2 Å². The molecule has 4 rings (SSSR count). The highest BCUT2D eigenvalue weighted by Gasteiger charge is 2.33. The van der Waals surface area contributed by atoms with Gasteiger partial charge in [0.1, 0.15) is 18.0 Å². The largest absolute Gasteiger partial charge is 0.493 e. The van der Waals surface area contributed by atoms with Crippen molar-refractivity contribution in [2.75, 3.05) is 46.6 Å². The van der Waals surface area contributed by atoms with E-state index in [2.05, 4.69) is 10.00 Å². The van der Waals surface area contributed by atoms with Crippen molar-refractivity contribution in [3.63, 3.8) is 0 Å². The van der Waals surface area contributed by atoms with Gasteiger partial charge in [0, 0.05) is 45.0 Å². The maximum Gasteiger partial charge on any atom is 0.161 e. The first-order chi connectivity index (χ1) is 17.0. The van der Waals surface area contributed by atoms with Gasteiger partial charge in [-0.25, -0.2) is 0 Å². The standard InChI is InChI=1S/C27H35N3O5/c1-22-5-8-24(9-6-22)35-21-27(31)19-29(14-16-33-20-27)18-23-7-10-25(32-2)26(17-23)34-15-4-13-30-12-3-11-28-30/h3,5-12,17,31H,4,13-16,18-21H2,1-2H3/t27-/m0/s1. The molecule has 1 fully saturated rings. The summed E-state index contributed by atoms with van der Waals surface area (Å²) in [6, 6.07) is 15.7. The smallest absolute Gasteiger partial charge is 0.161 e. The summed E-state index contributed by atoms with van der Waals surface area (Å²) in [7, 11) is 1.64. The monoisotopic (exact) mass is 481 g/mol. The van der Waals surface area contributed by atoms with Gasteiger partial charge in [0.2, 0.25) is 0 Å². The lowest BCUT2D eigenvalue weighted by atomic mass is 10.1. The molecule has 188 valence electrons. The molecule has 1 saturated heterocycles. The Morgan fingerprint density at radius 3 is 2.74 bits per heavy atom. The van der Waals surface area contributed by atoms with E-state index in [1.807, 2.05) is 66.3 Å². The Hall–Kier alpha value is -3.07. The summed E-state index contributed by atoms with van der Waals surface area (Å²) in [5, 5.41) is 15.4. The molecule has 8 heteroatoms. The molecule has 3 aromatic rings. The minimum absolute atomic E-state index is 0.166. The van der Waals surface area contributed by atoms with Crippen molar-refractivity contribution in [1.29, 1.82) is 0 Å². The fourth-order valence-corrected chi connectivity index (χ4v) is 4.10. The number of ether oxygens (including phenoxy) is 4. The van der Waals surface area contributed by atoms with Crippen LogP contribution in [0.25, 0.3) is 0 Å². The van der Waals surface area contributed by atoms with Crippen LogP contribution in [0, 0.1) is 6.92 Å². The van der Waals surface area contributed by atoms with Crippen molar-refractivity contribution in [2.24, 2.45) is 0 Å². The van der Waals surface area contributed by atoms with Gasteiger partial charge in [0.05, 0.1) is 26.9 Å². The third kappa shape index (κ3) is 7.45. The third-order valence-electron chi connectivity index (χ3n) is 5.95. The van der Waals surface area contributed by atoms with Crippen LogP contribution in [0.1, 0.15) is 17.5 Å². The van der Waals surface area contributed by atoms with Crippen LogP contribution in [-0.4, -0.2) is 72.0 Å². The molecule has 8 nitrogen and oxygen atoms in total. The predicted molar refractivity (Wildman–Crippen MR) is 133 cm³/mol. The summed E-state index contributed by atoms with van der Waals surface area (Å²) in [6.07, 6.45) is 4.56. The maximum atomic E-state index is 11.2. The number of rotatable bonds is 11. The molecule has 35 heavy (non-hydrogen) atoms. The van der Waals surface area contributed by atoms with E-state index in [0.29, 0.717) is 32.1 Å². The number of methoxy groups -OCH3 is 1. The second-order valence-corrected chi connectivity index (χ2v) is 9.05. The van der Waals surface area contributed by atoms with Gasteiger partial charge in [-0.05, 0) is 42.8 Å². The number of hydrogen-bond donors (Lipinski definition) is 1. The van der Waals surface area contributed by atoms with Gasteiger partial charge >= 0.3 is 0 Å². The van der Waals surface area contributed by atoms with Gasteiger partial charge in [0.15, 0.2) is 11.5 Å². The minimum atomic E-state index is -1.10. The molecular formula is C27H35N3O5. The molecule has 0 aliphatic carbocycles. The Morgan fingerprint density at radius 1 is 1.11 bits per heavy atom. The first-order valence-corrected chi connectivity index (χ1v) is 12.0. The summed E-state index contributed by atoms with van der Waals surface area (Å²) >= 11 is 0. The first kappa shape index (κ1) is 25.0. The number of aromatic nitrogens is 2. The Bertz CT molecular complexity index is 1040. The lowest BCUT2D eigenvalue weighted by molar-refractivity contribution is -0.0646. The van der Waals surface area contributed by atoms with E-state index in [4.69, 9.17) is 18.9 Å². The number of nitrogens with zero attached hydrogens (tertiary/aromatic N) is 3. The van der Waals surface area contributed by atoms with Crippen LogP contribution >= 0.6 is 0 Å². The molecule has 2 heterocycles. The third-order valence-corrected chi connectivity index (χ3v) is 5.95. The molecule has 0 saturated carbocycles. The van der Waals surface area contributed by atoms with Gasteiger partial charge in [-0.3, -0.25) is 9.58 Å². The van der Waals surface area contributed by atoms with E-state index < -0.39 is 5.60 Å². The van der Waals surface area contributed by atoms with Gasteiger partial charge < -0.3 is 24.1 Å². The molecule has 1 N–H and O–H groups in total. The van der Waals surface area contributed by atoms with Gasteiger partial charge in [-0.15, -0.1) is 0 Å². The normalized spacial score (nSPS) is 18.7. The molecule has 0 bridgehead atoms. The molecule has 1 aromatic heterocycles. The van der Waals surface area contributed by atoms with E-state index in [-0.39, 0.29) is 13.2 Å². The SMILES string of the molecule is COc1ccc(CN2CCOC[C@](O)(COc3ccc(C)cc3)C2)cc1OCCCn1cccn1. The van der Waals surface area contributed by atoms with Gasteiger partial charge in [-0.1, -0.05) is 23.8 Å². The zero-order valence-electron chi connectivity index (χ0n) is 20.6. The van der Waals surface area contributed by atoms with Crippen LogP contribution in [0.4, 0.5) is 0 Å². The van der Waals surface area contributed by atoms with Gasteiger partial charge in [-0.2, -0.15) is 5.10 Å².